The van der Waals surface area contributed by atoms with Crippen LogP contribution < -0.4 is 5.73 Å². The quantitative estimate of drug-likeness (QED) is 0.721. The fourth-order valence-electron chi connectivity index (χ4n) is 2.93. The van der Waals surface area contributed by atoms with E-state index in [4.69, 9.17) is 5.73 Å². The zero-order chi connectivity index (χ0) is 10.9. The number of hydrogen-bond acceptors (Lipinski definition) is 1. The highest BCUT2D eigenvalue weighted by molar-refractivity contribution is 4.93. The summed E-state index contributed by atoms with van der Waals surface area (Å²) in [6.45, 7) is 11.5. The molecule has 0 bridgehead atoms. The lowest BCUT2D eigenvalue weighted by molar-refractivity contribution is 0.114. The molecule has 0 heterocycles. The molecule has 0 aromatic heterocycles. The van der Waals surface area contributed by atoms with Crippen molar-refractivity contribution in [3.8, 4) is 0 Å². The Morgan fingerprint density at radius 3 is 1.86 bits per heavy atom. The molecule has 1 nitrogen and oxygen atoms in total. The molecule has 3 unspecified atom stereocenters. The van der Waals surface area contributed by atoms with Crippen LogP contribution >= 0.6 is 0 Å². The maximum atomic E-state index is 6.46. The van der Waals surface area contributed by atoms with Crippen LogP contribution in [0.1, 0.15) is 53.9 Å². The van der Waals surface area contributed by atoms with Crippen molar-refractivity contribution in [3.63, 3.8) is 0 Å². The van der Waals surface area contributed by atoms with Crippen molar-refractivity contribution in [2.45, 2.75) is 59.4 Å². The standard InChI is InChI=1S/C13H27N/c1-9(2)13(5,14)12-7-10(3)6-11(4)8-12/h9-12H,6-8,14H2,1-5H3. The highest BCUT2D eigenvalue weighted by Crippen LogP contribution is 2.40. The Bertz CT molecular complexity index is 174. The van der Waals surface area contributed by atoms with Crippen LogP contribution in [-0.2, 0) is 0 Å². The van der Waals surface area contributed by atoms with Crippen molar-refractivity contribution >= 4 is 0 Å². The Balaban J connectivity index is 2.67. The van der Waals surface area contributed by atoms with Gasteiger partial charge in [0.25, 0.3) is 0 Å². The minimum absolute atomic E-state index is 0.0307. The molecule has 0 saturated heterocycles. The Labute approximate surface area is 89.5 Å². The minimum atomic E-state index is 0.0307. The number of nitrogens with two attached hydrogens (primary N) is 1. The van der Waals surface area contributed by atoms with Crippen molar-refractivity contribution in [1.82, 2.24) is 0 Å². The van der Waals surface area contributed by atoms with E-state index in [-0.39, 0.29) is 5.54 Å². The first-order valence-corrected chi connectivity index (χ1v) is 6.12. The average Bonchev–Trinajstić information content (AvgIpc) is 2.01. The predicted octanol–water partition coefficient (Wildman–Crippen LogP) is 3.43. The summed E-state index contributed by atoms with van der Waals surface area (Å²) >= 11 is 0. The smallest absolute Gasteiger partial charge is 0.0177 e. The molecule has 0 aromatic rings. The molecule has 0 radical (unpaired) electrons. The van der Waals surface area contributed by atoms with E-state index in [1.54, 1.807) is 0 Å². The van der Waals surface area contributed by atoms with Crippen LogP contribution in [0.25, 0.3) is 0 Å². The molecule has 1 heteroatoms. The first kappa shape index (κ1) is 12.0. The largest absolute Gasteiger partial charge is 0.325 e. The molecule has 0 aromatic carbocycles. The zero-order valence-electron chi connectivity index (χ0n) is 10.5. The van der Waals surface area contributed by atoms with E-state index in [0.29, 0.717) is 5.92 Å². The third kappa shape index (κ3) is 2.50. The highest BCUT2D eigenvalue weighted by Gasteiger charge is 2.37. The molecular weight excluding hydrogens is 170 g/mol. The Kier molecular flexibility index (Phi) is 3.63. The average molecular weight is 197 g/mol. The van der Waals surface area contributed by atoms with Gasteiger partial charge in [0.05, 0.1) is 0 Å². The summed E-state index contributed by atoms with van der Waals surface area (Å²) in [7, 11) is 0. The van der Waals surface area contributed by atoms with Gasteiger partial charge in [-0.2, -0.15) is 0 Å². The maximum Gasteiger partial charge on any atom is 0.0177 e. The summed E-state index contributed by atoms with van der Waals surface area (Å²) < 4.78 is 0. The molecule has 1 aliphatic carbocycles. The molecule has 0 spiro atoms. The highest BCUT2D eigenvalue weighted by atomic mass is 14.8. The predicted molar refractivity (Wildman–Crippen MR) is 63.1 cm³/mol. The van der Waals surface area contributed by atoms with Crippen LogP contribution in [0.5, 0.6) is 0 Å². The summed E-state index contributed by atoms with van der Waals surface area (Å²) in [5, 5.41) is 0. The zero-order valence-corrected chi connectivity index (χ0v) is 10.5. The first-order valence-electron chi connectivity index (χ1n) is 6.12. The van der Waals surface area contributed by atoms with Gasteiger partial charge in [-0.15, -0.1) is 0 Å². The topological polar surface area (TPSA) is 26.0 Å². The van der Waals surface area contributed by atoms with Gasteiger partial charge in [0, 0.05) is 5.54 Å². The van der Waals surface area contributed by atoms with Gasteiger partial charge >= 0.3 is 0 Å². The molecule has 0 amide bonds. The fourth-order valence-corrected chi connectivity index (χ4v) is 2.93. The Morgan fingerprint density at radius 2 is 1.50 bits per heavy atom. The fraction of sp³-hybridized carbons (Fsp3) is 1.00. The van der Waals surface area contributed by atoms with Gasteiger partial charge in [0.1, 0.15) is 0 Å². The number of rotatable bonds is 2. The van der Waals surface area contributed by atoms with E-state index in [1.807, 2.05) is 0 Å². The second kappa shape index (κ2) is 4.22. The van der Waals surface area contributed by atoms with E-state index in [9.17, 15) is 0 Å². The van der Waals surface area contributed by atoms with Gasteiger partial charge in [0.2, 0.25) is 0 Å². The summed E-state index contributed by atoms with van der Waals surface area (Å²) in [5.41, 5.74) is 6.49. The molecule has 1 fully saturated rings. The van der Waals surface area contributed by atoms with Crippen molar-refractivity contribution in [2.75, 3.05) is 0 Å². The van der Waals surface area contributed by atoms with Gasteiger partial charge in [-0.25, -0.2) is 0 Å². The third-order valence-corrected chi connectivity index (χ3v) is 4.30. The molecule has 14 heavy (non-hydrogen) atoms. The molecule has 3 atom stereocenters. The van der Waals surface area contributed by atoms with Crippen LogP contribution in [0, 0.1) is 23.7 Å². The van der Waals surface area contributed by atoms with Gasteiger partial charge < -0.3 is 5.73 Å². The maximum absolute atomic E-state index is 6.46. The van der Waals surface area contributed by atoms with Crippen molar-refractivity contribution in [1.29, 1.82) is 0 Å². The monoisotopic (exact) mass is 197 g/mol. The number of hydrogen-bond donors (Lipinski definition) is 1. The van der Waals surface area contributed by atoms with Gasteiger partial charge in [-0.3, -0.25) is 0 Å². The molecule has 84 valence electrons. The lowest BCUT2D eigenvalue weighted by atomic mass is 9.66. The van der Waals surface area contributed by atoms with E-state index >= 15 is 0 Å². The van der Waals surface area contributed by atoms with Crippen molar-refractivity contribution in [3.05, 3.63) is 0 Å². The SMILES string of the molecule is CC1CC(C)CC(C(C)(N)C(C)C)C1. The second-order valence-corrected chi connectivity index (χ2v) is 6.14. The van der Waals surface area contributed by atoms with E-state index in [0.717, 1.165) is 17.8 Å². The Hall–Kier alpha value is -0.0400. The minimum Gasteiger partial charge on any atom is -0.325 e. The van der Waals surface area contributed by atoms with Crippen molar-refractivity contribution < 1.29 is 0 Å². The van der Waals surface area contributed by atoms with Crippen LogP contribution in [-0.4, -0.2) is 5.54 Å². The molecule has 1 aliphatic rings. The van der Waals surface area contributed by atoms with Gasteiger partial charge in [0.15, 0.2) is 0 Å². The lowest BCUT2D eigenvalue weighted by Gasteiger charge is -2.43. The Morgan fingerprint density at radius 1 is 1.07 bits per heavy atom. The van der Waals surface area contributed by atoms with Crippen LogP contribution in [0.3, 0.4) is 0 Å². The van der Waals surface area contributed by atoms with E-state index in [1.165, 1.54) is 19.3 Å². The van der Waals surface area contributed by atoms with Crippen LogP contribution in [0.4, 0.5) is 0 Å². The lowest BCUT2D eigenvalue weighted by Crippen LogP contribution is -2.51. The van der Waals surface area contributed by atoms with Crippen LogP contribution in [0.2, 0.25) is 0 Å². The van der Waals surface area contributed by atoms with Crippen molar-refractivity contribution in [2.24, 2.45) is 29.4 Å². The normalized spacial score (nSPS) is 38.4. The summed E-state index contributed by atoms with van der Waals surface area (Å²) in [5.74, 6) is 3.04. The second-order valence-electron chi connectivity index (χ2n) is 6.14. The third-order valence-electron chi connectivity index (χ3n) is 4.30. The summed E-state index contributed by atoms with van der Waals surface area (Å²) in [6.07, 6.45) is 4.05. The molecule has 1 saturated carbocycles. The summed E-state index contributed by atoms with van der Waals surface area (Å²) in [6, 6.07) is 0. The summed E-state index contributed by atoms with van der Waals surface area (Å²) in [4.78, 5) is 0. The van der Waals surface area contributed by atoms with Gasteiger partial charge in [-0.05, 0) is 49.9 Å². The van der Waals surface area contributed by atoms with E-state index < -0.39 is 0 Å². The van der Waals surface area contributed by atoms with Gasteiger partial charge in [-0.1, -0.05) is 27.7 Å². The molecular formula is C13H27N. The van der Waals surface area contributed by atoms with E-state index in [2.05, 4.69) is 34.6 Å². The van der Waals surface area contributed by atoms with Crippen LogP contribution in [0.15, 0.2) is 0 Å². The first-order chi connectivity index (χ1) is 6.34. The molecule has 2 N–H and O–H groups in total. The molecule has 1 rings (SSSR count). The molecule has 0 aliphatic heterocycles.